The molecule has 0 aliphatic carbocycles. The third-order valence-electron chi connectivity index (χ3n) is 3.37. The highest BCUT2D eigenvalue weighted by Gasteiger charge is 2.21. The van der Waals surface area contributed by atoms with Crippen molar-refractivity contribution < 1.29 is 9.13 Å². The molecule has 2 nitrogen and oxygen atoms in total. The fourth-order valence-corrected chi connectivity index (χ4v) is 2.51. The van der Waals surface area contributed by atoms with Gasteiger partial charge in [0.1, 0.15) is 5.82 Å². The molecule has 0 heterocycles. The first-order chi connectivity index (χ1) is 8.89. The number of methoxy groups -OCH3 is 1. The topological polar surface area (TPSA) is 21.3 Å². The molecule has 1 atom stereocenters. The molecule has 1 rings (SSSR count). The molecule has 108 valence electrons. The Balaban J connectivity index is 2.85. The lowest BCUT2D eigenvalue weighted by Crippen LogP contribution is -2.27. The van der Waals surface area contributed by atoms with Crippen LogP contribution in [0.3, 0.4) is 0 Å². The molecular formula is C15H23BrFNO. The van der Waals surface area contributed by atoms with Crippen molar-refractivity contribution in [3.05, 3.63) is 34.1 Å². The number of halogens is 2. The van der Waals surface area contributed by atoms with Crippen LogP contribution in [0.2, 0.25) is 0 Å². The van der Waals surface area contributed by atoms with Crippen LogP contribution in [0.15, 0.2) is 22.7 Å². The lowest BCUT2D eigenvalue weighted by Gasteiger charge is -2.27. The van der Waals surface area contributed by atoms with Gasteiger partial charge < -0.3 is 10.1 Å². The Morgan fingerprint density at radius 3 is 2.68 bits per heavy atom. The fraction of sp³-hybridized carbons (Fsp3) is 0.600. The maximum Gasteiger partial charge on any atom is 0.123 e. The summed E-state index contributed by atoms with van der Waals surface area (Å²) in [6.45, 7) is 7.04. The van der Waals surface area contributed by atoms with Crippen LogP contribution in [0, 0.1) is 5.82 Å². The van der Waals surface area contributed by atoms with Crippen LogP contribution in [-0.4, -0.2) is 19.3 Å². The number of benzene rings is 1. The minimum atomic E-state index is -0.202. The van der Waals surface area contributed by atoms with Crippen molar-refractivity contribution in [2.24, 2.45) is 0 Å². The zero-order chi connectivity index (χ0) is 14.5. The van der Waals surface area contributed by atoms with Gasteiger partial charge in [-0.2, -0.15) is 0 Å². The van der Waals surface area contributed by atoms with E-state index in [0.717, 1.165) is 29.4 Å². The average molecular weight is 332 g/mol. The van der Waals surface area contributed by atoms with Crippen LogP contribution < -0.4 is 5.32 Å². The van der Waals surface area contributed by atoms with Gasteiger partial charge in [-0.05, 0) is 57.0 Å². The summed E-state index contributed by atoms with van der Waals surface area (Å²) < 4.78 is 19.8. The van der Waals surface area contributed by atoms with Gasteiger partial charge in [-0.15, -0.1) is 0 Å². The van der Waals surface area contributed by atoms with E-state index in [2.05, 4.69) is 42.0 Å². The van der Waals surface area contributed by atoms with Crippen LogP contribution in [0.5, 0.6) is 0 Å². The summed E-state index contributed by atoms with van der Waals surface area (Å²) in [7, 11) is 1.72. The van der Waals surface area contributed by atoms with Gasteiger partial charge in [0.15, 0.2) is 0 Å². The van der Waals surface area contributed by atoms with Gasteiger partial charge in [-0.3, -0.25) is 0 Å². The molecule has 1 aromatic carbocycles. The highest BCUT2D eigenvalue weighted by atomic mass is 79.9. The van der Waals surface area contributed by atoms with Crippen molar-refractivity contribution in [3.63, 3.8) is 0 Å². The minimum absolute atomic E-state index is 0.129. The number of nitrogens with one attached hydrogen (secondary N) is 1. The second kappa shape index (κ2) is 7.36. The van der Waals surface area contributed by atoms with Gasteiger partial charge in [0.25, 0.3) is 0 Å². The summed E-state index contributed by atoms with van der Waals surface area (Å²) in [5.41, 5.74) is 0.807. The fourth-order valence-electron chi connectivity index (χ4n) is 1.99. The third-order valence-corrected chi connectivity index (χ3v) is 4.09. The zero-order valence-electron chi connectivity index (χ0n) is 12.1. The molecule has 0 aromatic heterocycles. The van der Waals surface area contributed by atoms with E-state index >= 15 is 0 Å². The van der Waals surface area contributed by atoms with Crippen molar-refractivity contribution in [3.8, 4) is 0 Å². The summed E-state index contributed by atoms with van der Waals surface area (Å²) >= 11 is 3.50. The monoisotopic (exact) mass is 331 g/mol. The van der Waals surface area contributed by atoms with Gasteiger partial charge in [-0.1, -0.05) is 22.9 Å². The first-order valence-corrected chi connectivity index (χ1v) is 7.42. The van der Waals surface area contributed by atoms with E-state index in [1.54, 1.807) is 19.2 Å². The smallest absolute Gasteiger partial charge is 0.123 e. The summed E-state index contributed by atoms with van der Waals surface area (Å²) in [5.74, 6) is -0.202. The largest absolute Gasteiger partial charge is 0.379 e. The van der Waals surface area contributed by atoms with Crippen LogP contribution >= 0.6 is 15.9 Å². The van der Waals surface area contributed by atoms with E-state index < -0.39 is 0 Å². The molecule has 0 radical (unpaired) electrons. The molecule has 4 heteroatoms. The maximum atomic E-state index is 13.4. The van der Waals surface area contributed by atoms with E-state index in [4.69, 9.17) is 4.74 Å². The molecule has 0 aliphatic rings. The van der Waals surface area contributed by atoms with E-state index in [1.807, 2.05) is 0 Å². The standard InChI is InChI=1S/C15H23BrFNO/c1-5-18-14(8-9-15(2,3)19-4)12-10-11(17)6-7-13(12)16/h6-7,10,14,18H,5,8-9H2,1-4H3. The molecule has 0 saturated carbocycles. The van der Waals surface area contributed by atoms with Crippen LogP contribution in [-0.2, 0) is 4.74 Å². The van der Waals surface area contributed by atoms with Gasteiger partial charge in [0, 0.05) is 17.6 Å². The van der Waals surface area contributed by atoms with Gasteiger partial charge in [-0.25, -0.2) is 4.39 Å². The second-order valence-corrected chi connectivity index (χ2v) is 6.13. The number of hydrogen-bond acceptors (Lipinski definition) is 2. The van der Waals surface area contributed by atoms with E-state index in [0.29, 0.717) is 0 Å². The van der Waals surface area contributed by atoms with E-state index in [1.165, 1.54) is 6.07 Å². The van der Waals surface area contributed by atoms with Crippen LogP contribution in [0.4, 0.5) is 4.39 Å². The van der Waals surface area contributed by atoms with Crippen molar-refractivity contribution in [2.75, 3.05) is 13.7 Å². The zero-order valence-corrected chi connectivity index (χ0v) is 13.7. The number of ether oxygens (including phenoxy) is 1. The highest BCUT2D eigenvalue weighted by Crippen LogP contribution is 2.30. The van der Waals surface area contributed by atoms with Gasteiger partial charge >= 0.3 is 0 Å². The normalized spacial score (nSPS) is 13.6. The molecule has 0 bridgehead atoms. The number of rotatable bonds is 7. The second-order valence-electron chi connectivity index (χ2n) is 5.28. The summed E-state index contributed by atoms with van der Waals surface area (Å²) in [6, 6.07) is 4.95. The summed E-state index contributed by atoms with van der Waals surface area (Å²) in [5, 5.41) is 3.41. The van der Waals surface area contributed by atoms with Crippen LogP contribution in [0.1, 0.15) is 45.2 Å². The van der Waals surface area contributed by atoms with Crippen molar-refractivity contribution >= 4 is 15.9 Å². The first kappa shape index (κ1) is 16.6. The predicted molar refractivity (Wildman–Crippen MR) is 80.8 cm³/mol. The first-order valence-electron chi connectivity index (χ1n) is 6.63. The van der Waals surface area contributed by atoms with Gasteiger partial charge in [0.2, 0.25) is 0 Å². The Morgan fingerprint density at radius 1 is 1.42 bits per heavy atom. The lowest BCUT2D eigenvalue weighted by atomic mass is 9.95. The Kier molecular flexibility index (Phi) is 6.43. The van der Waals surface area contributed by atoms with Crippen molar-refractivity contribution in [1.82, 2.24) is 5.32 Å². The molecule has 1 aromatic rings. The third kappa shape index (κ3) is 5.21. The minimum Gasteiger partial charge on any atom is -0.379 e. The Labute approximate surface area is 123 Å². The molecule has 1 N–H and O–H groups in total. The van der Waals surface area contributed by atoms with Crippen molar-refractivity contribution in [1.29, 1.82) is 0 Å². The molecule has 0 saturated heterocycles. The Bertz CT molecular complexity index is 409. The van der Waals surface area contributed by atoms with Crippen molar-refractivity contribution in [2.45, 2.75) is 45.3 Å². The molecule has 1 unspecified atom stereocenters. The van der Waals surface area contributed by atoms with E-state index in [9.17, 15) is 4.39 Å². The molecule has 0 aliphatic heterocycles. The molecule has 0 spiro atoms. The average Bonchev–Trinajstić information content (AvgIpc) is 2.37. The Hall–Kier alpha value is -0.450. The summed E-state index contributed by atoms with van der Waals surface area (Å²) in [6.07, 6.45) is 1.81. The molecular weight excluding hydrogens is 309 g/mol. The van der Waals surface area contributed by atoms with Gasteiger partial charge in [0.05, 0.1) is 5.60 Å². The summed E-state index contributed by atoms with van der Waals surface area (Å²) in [4.78, 5) is 0. The molecule has 0 fully saturated rings. The SMILES string of the molecule is CCNC(CCC(C)(C)OC)c1cc(F)ccc1Br. The quantitative estimate of drug-likeness (QED) is 0.797. The van der Waals surface area contributed by atoms with E-state index in [-0.39, 0.29) is 17.5 Å². The predicted octanol–water partition coefficient (Wildman–Crippen LogP) is 4.44. The molecule has 19 heavy (non-hydrogen) atoms. The Morgan fingerprint density at radius 2 is 2.11 bits per heavy atom. The molecule has 0 amide bonds. The lowest BCUT2D eigenvalue weighted by molar-refractivity contribution is 0.0117. The maximum absolute atomic E-state index is 13.4. The highest BCUT2D eigenvalue weighted by molar-refractivity contribution is 9.10. The number of hydrogen-bond donors (Lipinski definition) is 1. The van der Waals surface area contributed by atoms with Crippen LogP contribution in [0.25, 0.3) is 0 Å².